The third kappa shape index (κ3) is 2.64. The second-order valence-corrected chi connectivity index (χ2v) is 4.28. The first-order valence-corrected chi connectivity index (χ1v) is 6.33. The van der Waals surface area contributed by atoms with Crippen LogP contribution in [0.4, 0.5) is 5.82 Å². The van der Waals surface area contributed by atoms with Crippen LogP contribution in [0.15, 0.2) is 48.8 Å². The molecule has 3 aromatic rings. The van der Waals surface area contributed by atoms with E-state index < -0.39 is 0 Å². The van der Waals surface area contributed by atoms with Crippen molar-refractivity contribution in [3.05, 3.63) is 48.8 Å². The second-order valence-electron chi connectivity index (χ2n) is 4.28. The van der Waals surface area contributed by atoms with Gasteiger partial charge in [-0.2, -0.15) is 0 Å². The van der Waals surface area contributed by atoms with Crippen LogP contribution in [0.5, 0.6) is 5.88 Å². The maximum atomic E-state index is 5.89. The standard InChI is InChI=1S/C15H13N5O/c1-21-15-13(17-7-8-18-15)11-9-12(16)20-14(19-11)10-5-3-2-4-6-10/h2-9H,1H3,(H2,16,19,20). The first-order chi connectivity index (χ1) is 10.3. The first kappa shape index (κ1) is 13.0. The number of anilines is 1. The summed E-state index contributed by atoms with van der Waals surface area (Å²) in [5, 5.41) is 0. The van der Waals surface area contributed by atoms with Crippen LogP contribution in [0.25, 0.3) is 22.8 Å². The smallest absolute Gasteiger partial charge is 0.241 e. The number of nitrogens with two attached hydrogens (primary N) is 1. The van der Waals surface area contributed by atoms with Crippen LogP contribution in [-0.2, 0) is 0 Å². The zero-order chi connectivity index (χ0) is 14.7. The van der Waals surface area contributed by atoms with Gasteiger partial charge in [0, 0.05) is 24.0 Å². The minimum Gasteiger partial charge on any atom is -0.479 e. The Labute approximate surface area is 121 Å². The molecule has 0 spiro atoms. The number of rotatable bonds is 3. The van der Waals surface area contributed by atoms with Crippen molar-refractivity contribution in [1.29, 1.82) is 0 Å². The molecule has 21 heavy (non-hydrogen) atoms. The molecule has 0 amide bonds. The molecule has 0 saturated heterocycles. The summed E-state index contributed by atoms with van der Waals surface area (Å²) in [6, 6.07) is 11.3. The highest BCUT2D eigenvalue weighted by molar-refractivity contribution is 5.67. The molecule has 0 radical (unpaired) electrons. The van der Waals surface area contributed by atoms with Gasteiger partial charge in [-0.1, -0.05) is 30.3 Å². The molecule has 3 rings (SSSR count). The van der Waals surface area contributed by atoms with E-state index in [1.165, 1.54) is 7.11 Å². The number of nitrogen functional groups attached to an aromatic ring is 1. The van der Waals surface area contributed by atoms with Gasteiger partial charge < -0.3 is 10.5 Å². The minimum atomic E-state index is 0.367. The first-order valence-electron chi connectivity index (χ1n) is 6.33. The van der Waals surface area contributed by atoms with Crippen molar-refractivity contribution in [2.24, 2.45) is 0 Å². The van der Waals surface area contributed by atoms with Crippen molar-refractivity contribution in [1.82, 2.24) is 19.9 Å². The molecule has 0 fully saturated rings. The Bertz CT molecular complexity index is 761. The average Bonchev–Trinajstić information content (AvgIpc) is 2.55. The fourth-order valence-electron chi connectivity index (χ4n) is 1.95. The number of benzene rings is 1. The summed E-state index contributed by atoms with van der Waals surface area (Å²) >= 11 is 0. The topological polar surface area (TPSA) is 86.8 Å². The largest absolute Gasteiger partial charge is 0.479 e. The summed E-state index contributed by atoms with van der Waals surface area (Å²) in [7, 11) is 1.54. The Hall–Kier alpha value is -3.02. The molecule has 0 aliphatic carbocycles. The molecule has 2 N–H and O–H groups in total. The van der Waals surface area contributed by atoms with Crippen LogP contribution >= 0.6 is 0 Å². The van der Waals surface area contributed by atoms with Crippen molar-refractivity contribution in [2.75, 3.05) is 12.8 Å². The fourth-order valence-corrected chi connectivity index (χ4v) is 1.95. The fraction of sp³-hybridized carbons (Fsp3) is 0.0667. The Morgan fingerprint density at radius 1 is 1.00 bits per heavy atom. The summed E-state index contributed by atoms with van der Waals surface area (Å²) in [4.78, 5) is 17.2. The van der Waals surface area contributed by atoms with E-state index >= 15 is 0 Å². The van der Waals surface area contributed by atoms with E-state index in [4.69, 9.17) is 10.5 Å². The molecule has 0 atom stereocenters. The van der Waals surface area contributed by atoms with Gasteiger partial charge in [0.1, 0.15) is 11.5 Å². The van der Waals surface area contributed by atoms with Gasteiger partial charge in [0.05, 0.1) is 7.11 Å². The zero-order valence-electron chi connectivity index (χ0n) is 11.4. The predicted octanol–water partition coefficient (Wildman–Crippen LogP) is 2.19. The molecular weight excluding hydrogens is 266 g/mol. The molecule has 1 aromatic carbocycles. The van der Waals surface area contributed by atoms with Crippen molar-refractivity contribution in [3.63, 3.8) is 0 Å². The van der Waals surface area contributed by atoms with Gasteiger partial charge in [-0.25, -0.2) is 19.9 Å². The zero-order valence-corrected chi connectivity index (χ0v) is 11.4. The Morgan fingerprint density at radius 2 is 1.76 bits per heavy atom. The molecule has 2 heterocycles. The number of nitrogens with zero attached hydrogens (tertiary/aromatic N) is 4. The molecule has 0 aliphatic rings. The third-order valence-corrected chi connectivity index (χ3v) is 2.88. The number of hydrogen-bond donors (Lipinski definition) is 1. The van der Waals surface area contributed by atoms with E-state index in [9.17, 15) is 0 Å². The molecule has 2 aromatic heterocycles. The highest BCUT2D eigenvalue weighted by atomic mass is 16.5. The molecule has 6 nitrogen and oxygen atoms in total. The lowest BCUT2D eigenvalue weighted by molar-refractivity contribution is 0.397. The maximum absolute atomic E-state index is 5.89. The normalized spacial score (nSPS) is 10.3. The third-order valence-electron chi connectivity index (χ3n) is 2.88. The summed E-state index contributed by atoms with van der Waals surface area (Å²) in [5.74, 6) is 1.31. The van der Waals surface area contributed by atoms with Gasteiger partial charge in [-0.15, -0.1) is 0 Å². The van der Waals surface area contributed by atoms with E-state index in [-0.39, 0.29) is 0 Å². The second kappa shape index (κ2) is 5.54. The summed E-state index contributed by atoms with van der Waals surface area (Å²) in [6.45, 7) is 0. The monoisotopic (exact) mass is 279 g/mol. The molecule has 104 valence electrons. The Balaban J connectivity index is 2.14. The van der Waals surface area contributed by atoms with Crippen LogP contribution in [0.1, 0.15) is 0 Å². The van der Waals surface area contributed by atoms with Gasteiger partial charge in [-0.05, 0) is 0 Å². The number of aromatic nitrogens is 4. The van der Waals surface area contributed by atoms with Gasteiger partial charge >= 0.3 is 0 Å². The van der Waals surface area contributed by atoms with E-state index in [2.05, 4.69) is 19.9 Å². The van der Waals surface area contributed by atoms with E-state index in [1.54, 1.807) is 18.5 Å². The van der Waals surface area contributed by atoms with Crippen molar-refractivity contribution in [2.45, 2.75) is 0 Å². The quantitative estimate of drug-likeness (QED) is 0.790. The van der Waals surface area contributed by atoms with Gasteiger partial charge in [0.2, 0.25) is 5.88 Å². The van der Waals surface area contributed by atoms with Crippen molar-refractivity contribution >= 4 is 5.82 Å². The summed E-state index contributed by atoms with van der Waals surface area (Å²) in [5.41, 5.74) is 7.88. The van der Waals surface area contributed by atoms with Gasteiger partial charge in [0.15, 0.2) is 11.5 Å². The molecular formula is C15H13N5O. The van der Waals surface area contributed by atoms with Gasteiger partial charge in [0.25, 0.3) is 0 Å². The lowest BCUT2D eigenvalue weighted by Gasteiger charge is -2.08. The Kier molecular flexibility index (Phi) is 3.42. The number of ether oxygens (including phenoxy) is 1. The van der Waals surface area contributed by atoms with E-state index in [0.29, 0.717) is 28.9 Å². The van der Waals surface area contributed by atoms with Crippen LogP contribution in [0, 0.1) is 0 Å². The molecule has 0 unspecified atom stereocenters. The minimum absolute atomic E-state index is 0.367. The number of methoxy groups -OCH3 is 1. The molecule has 0 saturated carbocycles. The lowest BCUT2D eigenvalue weighted by Crippen LogP contribution is -2.01. The van der Waals surface area contributed by atoms with Crippen molar-refractivity contribution < 1.29 is 4.74 Å². The molecule has 0 bridgehead atoms. The average molecular weight is 279 g/mol. The summed E-state index contributed by atoms with van der Waals surface area (Å²) < 4.78 is 5.21. The highest BCUT2D eigenvalue weighted by Crippen LogP contribution is 2.26. The van der Waals surface area contributed by atoms with Crippen LogP contribution in [0.2, 0.25) is 0 Å². The summed E-state index contributed by atoms with van der Waals surface area (Å²) in [6.07, 6.45) is 3.14. The number of hydrogen-bond acceptors (Lipinski definition) is 6. The van der Waals surface area contributed by atoms with Gasteiger partial charge in [-0.3, -0.25) is 0 Å². The maximum Gasteiger partial charge on any atom is 0.241 e. The van der Waals surface area contributed by atoms with Crippen LogP contribution in [-0.4, -0.2) is 27.0 Å². The van der Waals surface area contributed by atoms with E-state index in [0.717, 1.165) is 5.56 Å². The van der Waals surface area contributed by atoms with Crippen LogP contribution in [0.3, 0.4) is 0 Å². The highest BCUT2D eigenvalue weighted by Gasteiger charge is 2.13. The van der Waals surface area contributed by atoms with E-state index in [1.807, 2.05) is 30.3 Å². The Morgan fingerprint density at radius 3 is 2.52 bits per heavy atom. The predicted molar refractivity (Wildman–Crippen MR) is 79.5 cm³/mol. The lowest BCUT2D eigenvalue weighted by atomic mass is 10.2. The molecule has 0 aliphatic heterocycles. The SMILES string of the molecule is COc1nccnc1-c1cc(N)nc(-c2ccccc2)n1. The molecule has 6 heteroatoms. The van der Waals surface area contributed by atoms with Crippen LogP contribution < -0.4 is 10.5 Å². The van der Waals surface area contributed by atoms with Crippen molar-refractivity contribution in [3.8, 4) is 28.7 Å².